The van der Waals surface area contributed by atoms with E-state index < -0.39 is 0 Å². The first-order valence-electron chi connectivity index (χ1n) is 8.84. The Morgan fingerprint density at radius 1 is 1.24 bits per heavy atom. The predicted octanol–water partition coefficient (Wildman–Crippen LogP) is 1.36. The van der Waals surface area contributed by atoms with Crippen LogP contribution in [-0.4, -0.2) is 66.3 Å². The Kier molecular flexibility index (Phi) is 5.48. The number of benzene rings is 1. The Morgan fingerprint density at radius 3 is 2.68 bits per heavy atom. The molecule has 6 heteroatoms. The van der Waals surface area contributed by atoms with Gasteiger partial charge >= 0.3 is 0 Å². The molecule has 1 aromatic rings. The van der Waals surface area contributed by atoms with E-state index in [-0.39, 0.29) is 42.4 Å². The molecular formula is C19H24N2O4. The SMILES string of the molecule is CCN1CC(C(=O)N2CCOCC2CC(=O)c2ccccc2)CC1=O. The number of rotatable bonds is 5. The average molecular weight is 344 g/mol. The minimum Gasteiger partial charge on any atom is -0.377 e. The molecule has 0 N–H and O–H groups in total. The monoisotopic (exact) mass is 344 g/mol. The molecular weight excluding hydrogens is 320 g/mol. The lowest BCUT2D eigenvalue weighted by Crippen LogP contribution is -2.51. The average Bonchev–Trinajstić information content (AvgIpc) is 3.03. The molecule has 2 aliphatic rings. The van der Waals surface area contributed by atoms with E-state index >= 15 is 0 Å². The number of hydrogen-bond acceptors (Lipinski definition) is 4. The van der Waals surface area contributed by atoms with Crippen LogP contribution in [0.4, 0.5) is 0 Å². The number of likely N-dealkylation sites (tertiary alicyclic amines) is 1. The van der Waals surface area contributed by atoms with E-state index in [1.807, 2.05) is 25.1 Å². The molecule has 6 nitrogen and oxygen atoms in total. The molecule has 25 heavy (non-hydrogen) atoms. The summed E-state index contributed by atoms with van der Waals surface area (Å²) in [5.74, 6) is -0.295. The van der Waals surface area contributed by atoms with Gasteiger partial charge in [-0.05, 0) is 6.92 Å². The zero-order chi connectivity index (χ0) is 17.8. The van der Waals surface area contributed by atoms with Gasteiger partial charge in [0.25, 0.3) is 0 Å². The summed E-state index contributed by atoms with van der Waals surface area (Å²) in [4.78, 5) is 40.8. The summed E-state index contributed by atoms with van der Waals surface area (Å²) in [5, 5.41) is 0. The third kappa shape index (κ3) is 3.90. The topological polar surface area (TPSA) is 66.9 Å². The van der Waals surface area contributed by atoms with Crippen molar-refractivity contribution >= 4 is 17.6 Å². The van der Waals surface area contributed by atoms with E-state index in [1.54, 1.807) is 21.9 Å². The van der Waals surface area contributed by atoms with Gasteiger partial charge in [0, 0.05) is 38.0 Å². The predicted molar refractivity (Wildman–Crippen MR) is 92.1 cm³/mol. The summed E-state index contributed by atoms with van der Waals surface area (Å²) in [6, 6.07) is 8.83. The smallest absolute Gasteiger partial charge is 0.228 e. The van der Waals surface area contributed by atoms with Crippen molar-refractivity contribution in [3.8, 4) is 0 Å². The highest BCUT2D eigenvalue weighted by Gasteiger charge is 2.39. The molecule has 134 valence electrons. The lowest BCUT2D eigenvalue weighted by molar-refractivity contribution is -0.144. The van der Waals surface area contributed by atoms with Crippen molar-refractivity contribution in [2.45, 2.75) is 25.8 Å². The minimum absolute atomic E-state index is 0.00610. The summed E-state index contributed by atoms with van der Waals surface area (Å²) in [5.41, 5.74) is 0.647. The molecule has 2 unspecified atom stereocenters. The molecule has 2 aliphatic heterocycles. The van der Waals surface area contributed by atoms with Gasteiger partial charge in [-0.1, -0.05) is 30.3 Å². The van der Waals surface area contributed by atoms with E-state index in [9.17, 15) is 14.4 Å². The van der Waals surface area contributed by atoms with Crippen molar-refractivity contribution in [3.05, 3.63) is 35.9 Å². The van der Waals surface area contributed by atoms with Gasteiger partial charge in [-0.3, -0.25) is 14.4 Å². The van der Waals surface area contributed by atoms with Crippen molar-refractivity contribution in [3.63, 3.8) is 0 Å². The van der Waals surface area contributed by atoms with Crippen LogP contribution in [0.2, 0.25) is 0 Å². The molecule has 0 radical (unpaired) electrons. The first-order chi connectivity index (χ1) is 12.1. The van der Waals surface area contributed by atoms with E-state index in [1.165, 1.54) is 0 Å². The second-order valence-electron chi connectivity index (χ2n) is 6.59. The number of Topliss-reactive ketones (excluding diaryl/α,β-unsaturated/α-hetero) is 1. The molecule has 0 spiro atoms. The third-order valence-electron chi connectivity index (χ3n) is 4.97. The van der Waals surface area contributed by atoms with Crippen LogP contribution in [0, 0.1) is 5.92 Å². The zero-order valence-corrected chi connectivity index (χ0v) is 14.5. The number of amides is 2. The minimum atomic E-state index is -0.306. The van der Waals surface area contributed by atoms with Crippen molar-refractivity contribution in [2.24, 2.45) is 5.92 Å². The van der Waals surface area contributed by atoms with Gasteiger partial charge in [-0.25, -0.2) is 0 Å². The molecule has 0 aliphatic carbocycles. The summed E-state index contributed by atoms with van der Waals surface area (Å²) >= 11 is 0. The van der Waals surface area contributed by atoms with Crippen molar-refractivity contribution < 1.29 is 19.1 Å². The quantitative estimate of drug-likeness (QED) is 0.757. The van der Waals surface area contributed by atoms with Gasteiger partial charge in [0.2, 0.25) is 11.8 Å². The molecule has 1 aromatic carbocycles. The highest BCUT2D eigenvalue weighted by molar-refractivity contribution is 5.97. The fourth-order valence-corrected chi connectivity index (χ4v) is 3.55. The maximum Gasteiger partial charge on any atom is 0.228 e. The zero-order valence-electron chi connectivity index (χ0n) is 14.5. The normalized spacial score (nSPS) is 23.8. The van der Waals surface area contributed by atoms with Gasteiger partial charge in [0.05, 0.1) is 25.2 Å². The van der Waals surface area contributed by atoms with Crippen LogP contribution in [0.25, 0.3) is 0 Å². The molecule has 2 fully saturated rings. The maximum absolute atomic E-state index is 12.9. The van der Waals surface area contributed by atoms with Crippen LogP contribution in [0.15, 0.2) is 30.3 Å². The lowest BCUT2D eigenvalue weighted by atomic mass is 10.00. The van der Waals surface area contributed by atoms with E-state index in [0.717, 1.165) is 0 Å². The van der Waals surface area contributed by atoms with Crippen molar-refractivity contribution in [1.29, 1.82) is 0 Å². The van der Waals surface area contributed by atoms with Gasteiger partial charge in [0.1, 0.15) is 0 Å². The van der Waals surface area contributed by atoms with Crippen LogP contribution >= 0.6 is 0 Å². The molecule has 2 heterocycles. The molecule has 0 aromatic heterocycles. The Labute approximate surface area is 147 Å². The van der Waals surface area contributed by atoms with E-state index in [2.05, 4.69) is 0 Å². The second-order valence-corrected chi connectivity index (χ2v) is 6.59. The number of nitrogens with zero attached hydrogens (tertiary/aromatic N) is 2. The van der Waals surface area contributed by atoms with Gasteiger partial charge in [-0.2, -0.15) is 0 Å². The Hall–Kier alpha value is -2.21. The number of ether oxygens (including phenoxy) is 1. The first kappa shape index (κ1) is 17.6. The molecule has 2 amide bonds. The van der Waals surface area contributed by atoms with E-state index in [4.69, 9.17) is 4.74 Å². The molecule has 0 saturated carbocycles. The lowest BCUT2D eigenvalue weighted by Gasteiger charge is -2.36. The number of morpholine rings is 1. The van der Waals surface area contributed by atoms with Crippen LogP contribution in [0.5, 0.6) is 0 Å². The van der Waals surface area contributed by atoms with Crippen LogP contribution in [0.1, 0.15) is 30.1 Å². The summed E-state index contributed by atoms with van der Waals surface area (Å²) < 4.78 is 5.50. The van der Waals surface area contributed by atoms with Crippen LogP contribution < -0.4 is 0 Å². The first-order valence-corrected chi connectivity index (χ1v) is 8.84. The summed E-state index contributed by atoms with van der Waals surface area (Å²) in [6.07, 6.45) is 0.511. The fraction of sp³-hybridized carbons (Fsp3) is 0.526. The van der Waals surface area contributed by atoms with E-state index in [0.29, 0.717) is 38.4 Å². The van der Waals surface area contributed by atoms with Gasteiger partial charge in [-0.15, -0.1) is 0 Å². The largest absolute Gasteiger partial charge is 0.377 e. The van der Waals surface area contributed by atoms with Gasteiger partial charge < -0.3 is 14.5 Å². The second kappa shape index (κ2) is 7.78. The highest BCUT2D eigenvalue weighted by atomic mass is 16.5. The number of carbonyl (C=O) groups excluding carboxylic acids is 3. The maximum atomic E-state index is 12.9. The molecule has 3 rings (SSSR count). The van der Waals surface area contributed by atoms with Gasteiger partial charge in [0.15, 0.2) is 5.78 Å². The fourth-order valence-electron chi connectivity index (χ4n) is 3.55. The number of hydrogen-bond donors (Lipinski definition) is 0. The van der Waals surface area contributed by atoms with Crippen molar-refractivity contribution in [1.82, 2.24) is 9.80 Å². The van der Waals surface area contributed by atoms with Crippen LogP contribution in [0.3, 0.4) is 0 Å². The summed E-state index contributed by atoms with van der Waals surface area (Å²) in [7, 11) is 0. The molecule has 2 saturated heterocycles. The molecule has 0 bridgehead atoms. The Morgan fingerprint density at radius 2 is 2.00 bits per heavy atom. The van der Waals surface area contributed by atoms with Crippen LogP contribution in [-0.2, 0) is 14.3 Å². The third-order valence-corrected chi connectivity index (χ3v) is 4.97. The number of carbonyl (C=O) groups is 3. The Bertz CT molecular complexity index is 646. The van der Waals surface area contributed by atoms with Crippen molar-refractivity contribution in [2.75, 3.05) is 32.8 Å². The standard InChI is InChI=1S/C19H24N2O4/c1-2-20-12-15(10-18(20)23)19(24)21-8-9-25-13-16(21)11-17(22)14-6-4-3-5-7-14/h3-7,15-16H,2,8-13H2,1H3. The Balaban J connectivity index is 1.67. The number of ketones is 1. The summed E-state index contributed by atoms with van der Waals surface area (Å²) in [6.45, 7) is 4.33. The molecule has 2 atom stereocenters. The highest BCUT2D eigenvalue weighted by Crippen LogP contribution is 2.23.